The molecule has 0 amide bonds. The van der Waals surface area contributed by atoms with Crippen LogP contribution in [0.5, 0.6) is 0 Å². The molecule has 3 nitrogen and oxygen atoms in total. The molecule has 0 radical (unpaired) electrons. The van der Waals surface area contributed by atoms with E-state index in [0.29, 0.717) is 12.1 Å². The maximum atomic E-state index is 9.65. The van der Waals surface area contributed by atoms with Gasteiger partial charge < -0.3 is 10.0 Å². The van der Waals surface area contributed by atoms with Gasteiger partial charge in [0.25, 0.3) is 0 Å². The quantitative estimate of drug-likeness (QED) is 0.853. The Morgan fingerprint density at radius 1 is 1.05 bits per heavy atom. The molecule has 0 saturated heterocycles. The first-order chi connectivity index (χ1) is 10.5. The fourth-order valence-corrected chi connectivity index (χ4v) is 3.06. The van der Waals surface area contributed by atoms with Gasteiger partial charge in [-0.25, -0.2) is 0 Å². The molecule has 1 N–H and O–H groups in total. The predicted molar refractivity (Wildman–Crippen MR) is 92.9 cm³/mol. The van der Waals surface area contributed by atoms with Crippen molar-refractivity contribution in [3.05, 3.63) is 46.8 Å². The molecule has 0 aliphatic rings. The Labute approximate surface area is 134 Å². The Bertz CT molecular complexity index is 598. The zero-order valence-corrected chi connectivity index (χ0v) is 14.4. The maximum Gasteiger partial charge on any atom is 0.0866 e. The highest BCUT2D eigenvalue weighted by atomic mass is 16.3. The SMILES string of the molecule is Cc1c(N(C(C)C)C(C)C)/c1=N\[C@H](CO)Cc1ccccc1. The van der Waals surface area contributed by atoms with Crippen molar-refractivity contribution in [1.29, 1.82) is 0 Å². The van der Waals surface area contributed by atoms with Crippen LogP contribution in [0, 0.1) is 6.92 Å². The molecule has 0 heterocycles. The van der Waals surface area contributed by atoms with Gasteiger partial charge >= 0.3 is 0 Å². The van der Waals surface area contributed by atoms with Gasteiger partial charge in [-0.2, -0.15) is 0 Å². The first kappa shape index (κ1) is 16.8. The molecule has 0 saturated carbocycles. The minimum absolute atomic E-state index is 0.0639. The number of aliphatic hydroxyl groups excluding tert-OH is 1. The number of aliphatic hydroxyl groups is 1. The van der Waals surface area contributed by atoms with Gasteiger partial charge in [0.15, 0.2) is 0 Å². The molecule has 0 bridgehead atoms. The van der Waals surface area contributed by atoms with Crippen LogP contribution < -0.4 is 10.3 Å². The predicted octanol–water partition coefficient (Wildman–Crippen LogP) is 3.00. The average molecular weight is 300 g/mol. The molecule has 0 fully saturated rings. The summed E-state index contributed by atoms with van der Waals surface area (Å²) < 4.78 is 0. The third kappa shape index (κ3) is 3.77. The molecule has 0 aromatic heterocycles. The van der Waals surface area contributed by atoms with Gasteiger partial charge in [-0.3, -0.25) is 4.99 Å². The van der Waals surface area contributed by atoms with E-state index in [0.717, 1.165) is 11.8 Å². The van der Waals surface area contributed by atoms with Gasteiger partial charge in [0.2, 0.25) is 0 Å². The van der Waals surface area contributed by atoms with Crippen LogP contribution in [0.1, 0.15) is 38.8 Å². The Balaban J connectivity index is 2.18. The summed E-state index contributed by atoms with van der Waals surface area (Å²) >= 11 is 0. The van der Waals surface area contributed by atoms with Gasteiger partial charge in [-0.05, 0) is 46.6 Å². The van der Waals surface area contributed by atoms with Crippen molar-refractivity contribution in [2.45, 2.75) is 59.2 Å². The molecule has 120 valence electrons. The summed E-state index contributed by atoms with van der Waals surface area (Å²) in [7, 11) is 0. The number of hydrogen-bond donors (Lipinski definition) is 1. The molecule has 2 aromatic carbocycles. The van der Waals surface area contributed by atoms with Gasteiger partial charge in [-0.1, -0.05) is 30.3 Å². The summed E-state index contributed by atoms with van der Waals surface area (Å²) in [5.74, 6) is 0. The second kappa shape index (κ2) is 7.10. The van der Waals surface area contributed by atoms with E-state index >= 15 is 0 Å². The monoisotopic (exact) mass is 300 g/mol. The lowest BCUT2D eigenvalue weighted by Crippen LogP contribution is -2.36. The van der Waals surface area contributed by atoms with Crippen molar-refractivity contribution in [3.8, 4) is 0 Å². The van der Waals surface area contributed by atoms with Gasteiger partial charge in [0, 0.05) is 17.6 Å². The van der Waals surface area contributed by atoms with E-state index in [1.165, 1.54) is 16.8 Å². The van der Waals surface area contributed by atoms with Crippen LogP contribution >= 0.6 is 0 Å². The first-order valence-electron chi connectivity index (χ1n) is 8.18. The molecule has 0 aliphatic heterocycles. The lowest BCUT2D eigenvalue weighted by atomic mass is 10.1. The minimum Gasteiger partial charge on any atom is -0.394 e. The molecule has 0 spiro atoms. The highest BCUT2D eigenvalue weighted by Crippen LogP contribution is 2.26. The van der Waals surface area contributed by atoms with E-state index in [1.807, 2.05) is 18.2 Å². The highest BCUT2D eigenvalue weighted by Gasteiger charge is 2.26. The van der Waals surface area contributed by atoms with E-state index in [-0.39, 0.29) is 12.6 Å². The lowest BCUT2D eigenvalue weighted by molar-refractivity contribution is 0.264. The van der Waals surface area contributed by atoms with Crippen LogP contribution in [-0.4, -0.2) is 29.8 Å². The Morgan fingerprint density at radius 2 is 1.64 bits per heavy atom. The first-order valence-corrected chi connectivity index (χ1v) is 8.18. The molecule has 3 heteroatoms. The fraction of sp³-hybridized carbons (Fsp3) is 0.526. The van der Waals surface area contributed by atoms with Crippen LogP contribution in [-0.2, 0) is 6.42 Å². The van der Waals surface area contributed by atoms with Gasteiger partial charge in [0.1, 0.15) is 0 Å². The second-order valence-electron chi connectivity index (χ2n) is 6.57. The van der Waals surface area contributed by atoms with Crippen LogP contribution in [0.3, 0.4) is 0 Å². The van der Waals surface area contributed by atoms with E-state index in [9.17, 15) is 5.11 Å². The molecule has 0 aliphatic carbocycles. The second-order valence-corrected chi connectivity index (χ2v) is 6.57. The third-order valence-electron chi connectivity index (χ3n) is 4.08. The Morgan fingerprint density at radius 3 is 2.14 bits per heavy atom. The van der Waals surface area contributed by atoms with Crippen molar-refractivity contribution < 1.29 is 5.11 Å². The summed E-state index contributed by atoms with van der Waals surface area (Å²) in [4.78, 5) is 7.21. The number of anilines is 1. The molecular weight excluding hydrogens is 272 g/mol. The van der Waals surface area contributed by atoms with Crippen molar-refractivity contribution in [2.75, 3.05) is 11.5 Å². The average Bonchev–Trinajstić information content (AvgIpc) is 3.08. The largest absolute Gasteiger partial charge is 0.394 e. The molecule has 22 heavy (non-hydrogen) atoms. The zero-order valence-electron chi connectivity index (χ0n) is 14.4. The number of benzene rings is 1. The van der Waals surface area contributed by atoms with Crippen LogP contribution in [0.25, 0.3) is 0 Å². The maximum absolute atomic E-state index is 9.65. The van der Waals surface area contributed by atoms with E-state index in [4.69, 9.17) is 4.99 Å². The number of nitrogens with zero attached hydrogens (tertiary/aromatic N) is 2. The van der Waals surface area contributed by atoms with Crippen molar-refractivity contribution >= 4 is 5.69 Å². The van der Waals surface area contributed by atoms with E-state index < -0.39 is 0 Å². The Hall–Kier alpha value is -1.61. The third-order valence-corrected chi connectivity index (χ3v) is 4.08. The number of hydrogen-bond acceptors (Lipinski definition) is 3. The summed E-state index contributed by atoms with van der Waals surface area (Å²) in [5, 5.41) is 10.7. The highest BCUT2D eigenvalue weighted by molar-refractivity contribution is 5.65. The summed E-state index contributed by atoms with van der Waals surface area (Å²) in [6.07, 6.45) is 0.782. The van der Waals surface area contributed by atoms with Crippen LogP contribution in [0.4, 0.5) is 5.69 Å². The van der Waals surface area contributed by atoms with E-state index in [2.05, 4.69) is 51.7 Å². The molecule has 0 unspecified atom stereocenters. The molecule has 2 rings (SSSR count). The smallest absolute Gasteiger partial charge is 0.0866 e. The van der Waals surface area contributed by atoms with Gasteiger partial charge in [-0.15, -0.1) is 0 Å². The lowest BCUT2D eigenvalue weighted by Gasteiger charge is -2.29. The molecule has 1 atom stereocenters. The molecule has 2 aromatic rings. The zero-order chi connectivity index (χ0) is 16.3. The van der Waals surface area contributed by atoms with Crippen molar-refractivity contribution in [3.63, 3.8) is 0 Å². The number of rotatable bonds is 7. The topological polar surface area (TPSA) is 35.8 Å². The summed E-state index contributed by atoms with van der Waals surface area (Å²) in [6.45, 7) is 11.1. The molecular formula is C19H28N2O. The summed E-state index contributed by atoms with van der Waals surface area (Å²) in [5.41, 5.74) is 3.76. The van der Waals surface area contributed by atoms with Crippen molar-refractivity contribution in [2.24, 2.45) is 4.99 Å². The van der Waals surface area contributed by atoms with Gasteiger partial charge in [0.05, 0.1) is 23.7 Å². The fourth-order valence-electron chi connectivity index (χ4n) is 3.06. The Kier molecular flexibility index (Phi) is 5.41. The standard InChI is InChI=1S/C19H28N2O/c1-13(2)21(14(3)4)19-15(5)18(19)20-17(12-22)11-16-9-7-6-8-10-16/h6-10,13-14,17,22H,11-12H2,1-5H3/b20-18-/t17-/m0/s1. The van der Waals surface area contributed by atoms with Crippen LogP contribution in [0.15, 0.2) is 35.3 Å². The van der Waals surface area contributed by atoms with Crippen LogP contribution in [0.2, 0.25) is 0 Å². The van der Waals surface area contributed by atoms with Crippen molar-refractivity contribution in [1.82, 2.24) is 0 Å². The summed E-state index contributed by atoms with van der Waals surface area (Å²) in [6, 6.07) is 11.1. The van der Waals surface area contributed by atoms with E-state index in [1.54, 1.807) is 0 Å². The normalized spacial score (nSPS) is 14.3. The minimum atomic E-state index is -0.0639.